The van der Waals surface area contributed by atoms with Crippen molar-refractivity contribution in [2.75, 3.05) is 39.3 Å². The minimum atomic E-state index is 0.138. The summed E-state index contributed by atoms with van der Waals surface area (Å²) in [4.78, 5) is 33.7. The van der Waals surface area contributed by atoms with Gasteiger partial charge in [-0.05, 0) is 44.2 Å². The number of unbranched alkanes of at least 4 members (excludes halogenated alkanes) is 1. The molecule has 1 aromatic carbocycles. The first-order valence-corrected chi connectivity index (χ1v) is 12.6. The van der Waals surface area contributed by atoms with Crippen LogP contribution in [0.1, 0.15) is 50.0 Å². The van der Waals surface area contributed by atoms with Gasteiger partial charge in [0.1, 0.15) is 0 Å². The zero-order valence-electron chi connectivity index (χ0n) is 18.4. The van der Waals surface area contributed by atoms with E-state index in [9.17, 15) is 9.59 Å². The quantitative estimate of drug-likeness (QED) is 0.604. The lowest BCUT2D eigenvalue weighted by Gasteiger charge is -2.36. The first-order chi connectivity index (χ1) is 15.2. The van der Waals surface area contributed by atoms with E-state index < -0.39 is 0 Å². The summed E-state index contributed by atoms with van der Waals surface area (Å²) >= 11 is 1.75. The lowest BCUT2D eigenvalue weighted by Crippen LogP contribution is -2.51. The number of piperazine rings is 1. The smallest absolute Gasteiger partial charge is 0.225 e. The Bertz CT molecular complexity index is 836. The minimum absolute atomic E-state index is 0.138. The molecule has 1 aliphatic carbocycles. The van der Waals surface area contributed by atoms with Crippen molar-refractivity contribution < 1.29 is 9.59 Å². The van der Waals surface area contributed by atoms with E-state index in [1.165, 1.54) is 17.5 Å². The molecule has 2 aliphatic rings. The first-order valence-electron chi connectivity index (χ1n) is 11.8. The molecular formula is C24H34N4O2S. The van der Waals surface area contributed by atoms with Gasteiger partial charge in [-0.25, -0.2) is 4.98 Å². The van der Waals surface area contributed by atoms with Crippen LogP contribution in [-0.4, -0.2) is 65.9 Å². The van der Waals surface area contributed by atoms with Crippen LogP contribution >= 0.6 is 11.3 Å². The van der Waals surface area contributed by atoms with E-state index in [0.717, 1.165) is 75.4 Å². The molecule has 0 radical (unpaired) electrons. The topological polar surface area (TPSA) is 65.5 Å². The molecule has 1 saturated heterocycles. The molecular weight excluding hydrogens is 408 g/mol. The number of amides is 2. The van der Waals surface area contributed by atoms with Crippen molar-refractivity contribution in [2.45, 2.75) is 51.4 Å². The molecule has 1 aromatic heterocycles. The maximum atomic E-state index is 12.5. The lowest BCUT2D eigenvalue weighted by molar-refractivity contribution is -0.137. The second kappa shape index (κ2) is 11.0. The number of para-hydroxylation sites is 1. The van der Waals surface area contributed by atoms with Gasteiger partial charge in [0.05, 0.1) is 15.2 Å². The molecule has 31 heavy (non-hydrogen) atoms. The van der Waals surface area contributed by atoms with Crippen molar-refractivity contribution in [3.05, 3.63) is 29.3 Å². The summed E-state index contributed by atoms with van der Waals surface area (Å²) in [6.45, 7) is 5.03. The van der Waals surface area contributed by atoms with Crippen LogP contribution in [0, 0.1) is 5.92 Å². The predicted molar refractivity (Wildman–Crippen MR) is 125 cm³/mol. The second-order valence-electron chi connectivity index (χ2n) is 8.78. The van der Waals surface area contributed by atoms with Crippen LogP contribution in [0.4, 0.5) is 0 Å². The van der Waals surface area contributed by atoms with Crippen LogP contribution in [-0.2, 0) is 16.0 Å². The highest BCUT2D eigenvalue weighted by Crippen LogP contribution is 2.27. The van der Waals surface area contributed by atoms with Gasteiger partial charge in [-0.2, -0.15) is 0 Å². The van der Waals surface area contributed by atoms with Crippen molar-refractivity contribution in [3.63, 3.8) is 0 Å². The predicted octanol–water partition coefficient (Wildman–Crippen LogP) is 3.46. The van der Waals surface area contributed by atoms with E-state index in [4.69, 9.17) is 0 Å². The number of aromatic nitrogens is 1. The molecule has 2 fully saturated rings. The fourth-order valence-corrected chi connectivity index (χ4v) is 5.66. The number of rotatable bonds is 9. The molecule has 6 nitrogen and oxygen atoms in total. The number of carbonyl (C=O) groups is 2. The summed E-state index contributed by atoms with van der Waals surface area (Å²) in [7, 11) is 0. The Morgan fingerprint density at radius 1 is 1.06 bits per heavy atom. The number of nitrogens with one attached hydrogen (secondary N) is 1. The highest BCUT2D eigenvalue weighted by Gasteiger charge is 2.29. The van der Waals surface area contributed by atoms with E-state index in [1.54, 1.807) is 11.3 Å². The summed E-state index contributed by atoms with van der Waals surface area (Å²) in [5, 5.41) is 4.21. The van der Waals surface area contributed by atoms with Crippen LogP contribution in [0.3, 0.4) is 0 Å². The summed E-state index contributed by atoms with van der Waals surface area (Å²) in [6, 6.07) is 8.23. The maximum absolute atomic E-state index is 12.5. The third-order valence-electron chi connectivity index (χ3n) is 6.52. The summed E-state index contributed by atoms with van der Waals surface area (Å²) in [6.07, 6.45) is 7.96. The number of hydrogen-bond acceptors (Lipinski definition) is 5. The zero-order chi connectivity index (χ0) is 21.5. The SMILES string of the molecule is O=C(CCCCc1nc2ccccc2s1)NCCN1CCN(C(=O)C2CCCC2)CC1. The highest BCUT2D eigenvalue weighted by atomic mass is 32.1. The number of nitrogens with zero attached hydrogens (tertiary/aromatic N) is 3. The monoisotopic (exact) mass is 442 g/mol. The van der Waals surface area contributed by atoms with Crippen LogP contribution in [0.25, 0.3) is 10.2 Å². The Morgan fingerprint density at radius 2 is 1.84 bits per heavy atom. The van der Waals surface area contributed by atoms with Crippen molar-refractivity contribution in [1.82, 2.24) is 20.1 Å². The molecule has 2 amide bonds. The van der Waals surface area contributed by atoms with Gasteiger partial charge in [0.2, 0.25) is 11.8 Å². The molecule has 7 heteroatoms. The van der Waals surface area contributed by atoms with E-state index in [0.29, 0.717) is 18.9 Å². The van der Waals surface area contributed by atoms with Gasteiger partial charge in [-0.15, -0.1) is 11.3 Å². The van der Waals surface area contributed by atoms with E-state index in [2.05, 4.69) is 32.2 Å². The van der Waals surface area contributed by atoms with Crippen molar-refractivity contribution in [1.29, 1.82) is 0 Å². The molecule has 1 aliphatic heterocycles. The number of thiazole rings is 1. The minimum Gasteiger partial charge on any atom is -0.355 e. The fourth-order valence-electron chi connectivity index (χ4n) is 4.65. The molecule has 0 spiro atoms. The van der Waals surface area contributed by atoms with Gasteiger partial charge in [0, 0.05) is 51.6 Å². The summed E-state index contributed by atoms with van der Waals surface area (Å²) in [5.74, 6) is 0.788. The number of fused-ring (bicyclic) bond motifs is 1. The Morgan fingerprint density at radius 3 is 2.61 bits per heavy atom. The second-order valence-corrected chi connectivity index (χ2v) is 9.90. The van der Waals surface area contributed by atoms with E-state index >= 15 is 0 Å². The van der Waals surface area contributed by atoms with Crippen LogP contribution < -0.4 is 5.32 Å². The van der Waals surface area contributed by atoms with Crippen LogP contribution in [0.15, 0.2) is 24.3 Å². The molecule has 0 bridgehead atoms. The average Bonchev–Trinajstić information content (AvgIpc) is 3.46. The van der Waals surface area contributed by atoms with E-state index in [1.807, 2.05) is 12.1 Å². The van der Waals surface area contributed by atoms with Crippen molar-refractivity contribution >= 4 is 33.4 Å². The Kier molecular flexibility index (Phi) is 7.92. The highest BCUT2D eigenvalue weighted by molar-refractivity contribution is 7.18. The molecule has 2 aromatic rings. The number of carbonyl (C=O) groups excluding carboxylic acids is 2. The molecule has 4 rings (SSSR count). The van der Waals surface area contributed by atoms with Crippen LogP contribution in [0.2, 0.25) is 0 Å². The molecule has 2 heterocycles. The molecule has 1 saturated carbocycles. The molecule has 0 unspecified atom stereocenters. The van der Waals surface area contributed by atoms with Crippen molar-refractivity contribution in [2.24, 2.45) is 5.92 Å². The lowest BCUT2D eigenvalue weighted by atomic mass is 10.1. The van der Waals surface area contributed by atoms with Crippen LogP contribution in [0.5, 0.6) is 0 Å². The summed E-state index contributed by atoms with van der Waals surface area (Å²) < 4.78 is 1.24. The number of hydrogen-bond donors (Lipinski definition) is 1. The fraction of sp³-hybridized carbons (Fsp3) is 0.625. The van der Waals surface area contributed by atoms with Gasteiger partial charge >= 0.3 is 0 Å². The van der Waals surface area contributed by atoms with Crippen molar-refractivity contribution in [3.8, 4) is 0 Å². The number of aryl methyl sites for hydroxylation is 1. The van der Waals surface area contributed by atoms with Gasteiger partial charge in [0.25, 0.3) is 0 Å². The van der Waals surface area contributed by atoms with Gasteiger partial charge < -0.3 is 10.2 Å². The Balaban J connectivity index is 1.05. The van der Waals surface area contributed by atoms with Gasteiger partial charge in [0.15, 0.2) is 0 Å². The molecule has 1 N–H and O–H groups in total. The Labute approximate surface area is 189 Å². The zero-order valence-corrected chi connectivity index (χ0v) is 19.2. The first kappa shape index (κ1) is 22.2. The molecule has 0 atom stereocenters. The standard InChI is InChI=1S/C24H34N4O2S/c29-22(11-5-6-12-23-26-20-9-3-4-10-21(20)31-23)25-13-14-27-15-17-28(18-16-27)24(30)19-7-1-2-8-19/h3-4,9-10,19H,1-2,5-8,11-18H2,(H,25,29). The molecule has 168 valence electrons. The third-order valence-corrected chi connectivity index (χ3v) is 7.62. The maximum Gasteiger partial charge on any atom is 0.225 e. The number of benzene rings is 1. The van der Waals surface area contributed by atoms with E-state index in [-0.39, 0.29) is 11.8 Å². The summed E-state index contributed by atoms with van der Waals surface area (Å²) in [5.41, 5.74) is 1.07. The Hall–Kier alpha value is -1.99. The normalized spacial score (nSPS) is 18.0. The van der Waals surface area contributed by atoms with Gasteiger partial charge in [-0.3, -0.25) is 14.5 Å². The van der Waals surface area contributed by atoms with Gasteiger partial charge in [-0.1, -0.05) is 25.0 Å². The third kappa shape index (κ3) is 6.26. The average molecular weight is 443 g/mol. The largest absolute Gasteiger partial charge is 0.355 e.